The molecule has 0 fully saturated rings. The minimum Gasteiger partial charge on any atom is -0.387 e. The molecule has 90 valence electrons. The molecular formula is C13H20BrNO. The number of aliphatic hydroxyl groups is 1. The third-order valence-electron chi connectivity index (χ3n) is 2.63. The van der Waals surface area contributed by atoms with Crippen LogP contribution in [0, 0.1) is 0 Å². The Bertz CT molecular complexity index is 369. The van der Waals surface area contributed by atoms with Gasteiger partial charge in [-0.25, -0.2) is 0 Å². The molecule has 0 unspecified atom stereocenters. The van der Waals surface area contributed by atoms with E-state index in [1.807, 2.05) is 19.1 Å². The second-order valence-corrected chi connectivity index (χ2v) is 6.24. The molecule has 2 atom stereocenters. The molecule has 0 aliphatic carbocycles. The Labute approximate surface area is 106 Å². The molecule has 1 rings (SSSR count). The van der Waals surface area contributed by atoms with Gasteiger partial charge in [0.2, 0.25) is 0 Å². The van der Waals surface area contributed by atoms with Crippen molar-refractivity contribution in [2.75, 3.05) is 0 Å². The zero-order valence-corrected chi connectivity index (χ0v) is 11.9. The number of rotatable bonds is 2. The Balaban J connectivity index is 3.18. The van der Waals surface area contributed by atoms with Crippen LogP contribution in [-0.4, -0.2) is 11.1 Å². The molecule has 0 amide bonds. The van der Waals surface area contributed by atoms with Gasteiger partial charge in [-0.05, 0) is 35.6 Å². The van der Waals surface area contributed by atoms with Crippen LogP contribution in [0.3, 0.4) is 0 Å². The van der Waals surface area contributed by atoms with Gasteiger partial charge < -0.3 is 10.8 Å². The number of hydrogen-bond donors (Lipinski definition) is 2. The molecule has 0 aliphatic rings. The first-order valence-corrected chi connectivity index (χ1v) is 6.25. The van der Waals surface area contributed by atoms with Crippen LogP contribution < -0.4 is 5.73 Å². The Kier molecular flexibility index (Phi) is 4.16. The second kappa shape index (κ2) is 4.86. The van der Waals surface area contributed by atoms with Gasteiger partial charge in [0, 0.05) is 10.5 Å². The molecule has 0 radical (unpaired) electrons. The van der Waals surface area contributed by atoms with E-state index in [0.717, 1.165) is 10.0 Å². The summed E-state index contributed by atoms with van der Waals surface area (Å²) in [4.78, 5) is 0. The zero-order valence-electron chi connectivity index (χ0n) is 10.3. The van der Waals surface area contributed by atoms with Crippen molar-refractivity contribution in [3.63, 3.8) is 0 Å². The first-order valence-electron chi connectivity index (χ1n) is 5.46. The van der Waals surface area contributed by atoms with Gasteiger partial charge >= 0.3 is 0 Å². The lowest BCUT2D eigenvalue weighted by atomic mass is 9.85. The lowest BCUT2D eigenvalue weighted by Crippen LogP contribution is -2.25. The molecule has 1 aromatic rings. The van der Waals surface area contributed by atoms with Crippen molar-refractivity contribution >= 4 is 15.9 Å². The Morgan fingerprint density at radius 1 is 1.25 bits per heavy atom. The lowest BCUT2D eigenvalue weighted by Gasteiger charge is -2.23. The average molecular weight is 286 g/mol. The second-order valence-electron chi connectivity index (χ2n) is 5.33. The van der Waals surface area contributed by atoms with E-state index in [2.05, 4.69) is 42.8 Å². The van der Waals surface area contributed by atoms with Crippen LogP contribution >= 0.6 is 15.9 Å². The van der Waals surface area contributed by atoms with Crippen molar-refractivity contribution < 1.29 is 5.11 Å². The lowest BCUT2D eigenvalue weighted by molar-refractivity contribution is 0.153. The highest BCUT2D eigenvalue weighted by atomic mass is 79.9. The van der Waals surface area contributed by atoms with Gasteiger partial charge in [0.15, 0.2) is 0 Å². The molecule has 0 saturated heterocycles. The van der Waals surface area contributed by atoms with Crippen LogP contribution in [-0.2, 0) is 5.41 Å². The first-order chi connectivity index (χ1) is 7.21. The van der Waals surface area contributed by atoms with E-state index < -0.39 is 6.10 Å². The van der Waals surface area contributed by atoms with Crippen LogP contribution in [0.25, 0.3) is 0 Å². The molecule has 0 aliphatic heterocycles. The Morgan fingerprint density at radius 3 is 2.25 bits per heavy atom. The van der Waals surface area contributed by atoms with Gasteiger partial charge in [-0.3, -0.25) is 0 Å². The summed E-state index contributed by atoms with van der Waals surface area (Å²) in [6, 6.07) is 5.77. The first kappa shape index (κ1) is 13.7. The maximum atomic E-state index is 9.97. The summed E-state index contributed by atoms with van der Waals surface area (Å²) in [5, 5.41) is 9.97. The van der Waals surface area contributed by atoms with Gasteiger partial charge in [0.05, 0.1) is 6.10 Å². The van der Waals surface area contributed by atoms with Gasteiger partial charge in [-0.1, -0.05) is 42.8 Å². The number of halogens is 1. The topological polar surface area (TPSA) is 46.2 Å². The van der Waals surface area contributed by atoms with Crippen LogP contribution in [0.5, 0.6) is 0 Å². The summed E-state index contributed by atoms with van der Waals surface area (Å²) < 4.78 is 0.981. The number of nitrogens with two attached hydrogens (primary N) is 1. The van der Waals surface area contributed by atoms with Crippen molar-refractivity contribution in [3.05, 3.63) is 33.8 Å². The van der Waals surface area contributed by atoms with Crippen molar-refractivity contribution in [1.29, 1.82) is 0 Å². The quantitative estimate of drug-likeness (QED) is 0.877. The summed E-state index contributed by atoms with van der Waals surface area (Å²) in [7, 11) is 0. The third-order valence-corrected chi connectivity index (χ3v) is 3.08. The highest BCUT2D eigenvalue weighted by Gasteiger charge is 2.18. The molecule has 2 nitrogen and oxygen atoms in total. The standard InChI is InChI=1S/C13H20BrNO/c1-8(15)12(16)9-5-10(13(2,3)4)7-11(14)6-9/h5-8,12,16H,15H2,1-4H3/t8-,12-/m0/s1. The predicted molar refractivity (Wildman–Crippen MR) is 71.5 cm³/mol. The summed E-state index contributed by atoms with van der Waals surface area (Å²) in [5.41, 5.74) is 7.84. The van der Waals surface area contributed by atoms with E-state index in [-0.39, 0.29) is 11.5 Å². The highest BCUT2D eigenvalue weighted by molar-refractivity contribution is 9.10. The molecule has 0 aromatic heterocycles. The molecule has 1 aromatic carbocycles. The van der Waals surface area contributed by atoms with Crippen LogP contribution in [0.4, 0.5) is 0 Å². The minimum absolute atomic E-state index is 0.0656. The van der Waals surface area contributed by atoms with E-state index in [4.69, 9.17) is 5.73 Å². The van der Waals surface area contributed by atoms with Gasteiger partial charge in [-0.2, -0.15) is 0 Å². The van der Waals surface area contributed by atoms with Crippen LogP contribution in [0.15, 0.2) is 22.7 Å². The maximum Gasteiger partial charge on any atom is 0.0938 e. The molecule has 0 spiro atoms. The average Bonchev–Trinajstić information content (AvgIpc) is 2.14. The van der Waals surface area contributed by atoms with E-state index in [9.17, 15) is 5.11 Å². The van der Waals surface area contributed by atoms with E-state index in [0.29, 0.717) is 0 Å². The molecule has 3 N–H and O–H groups in total. The molecule has 3 heteroatoms. The fraction of sp³-hybridized carbons (Fsp3) is 0.538. The predicted octanol–water partition coefficient (Wildman–Crippen LogP) is 3.13. The Morgan fingerprint density at radius 2 is 1.81 bits per heavy atom. The molecule has 16 heavy (non-hydrogen) atoms. The number of benzene rings is 1. The van der Waals surface area contributed by atoms with E-state index in [1.165, 1.54) is 5.56 Å². The van der Waals surface area contributed by atoms with Gasteiger partial charge in [-0.15, -0.1) is 0 Å². The van der Waals surface area contributed by atoms with Crippen molar-refractivity contribution in [2.24, 2.45) is 5.73 Å². The van der Waals surface area contributed by atoms with Crippen molar-refractivity contribution in [2.45, 2.75) is 45.3 Å². The smallest absolute Gasteiger partial charge is 0.0938 e. The third kappa shape index (κ3) is 3.30. The normalized spacial score (nSPS) is 15.9. The molecule has 0 bridgehead atoms. The van der Waals surface area contributed by atoms with Crippen LogP contribution in [0.2, 0.25) is 0 Å². The molecule has 0 saturated carbocycles. The number of aliphatic hydroxyl groups excluding tert-OH is 1. The minimum atomic E-state index is -0.612. The summed E-state index contributed by atoms with van der Waals surface area (Å²) in [5.74, 6) is 0. The van der Waals surface area contributed by atoms with Crippen LogP contribution in [0.1, 0.15) is 44.9 Å². The van der Waals surface area contributed by atoms with Gasteiger partial charge in [0.1, 0.15) is 0 Å². The van der Waals surface area contributed by atoms with E-state index in [1.54, 1.807) is 0 Å². The fourth-order valence-electron chi connectivity index (χ4n) is 1.52. The molecule has 0 heterocycles. The SMILES string of the molecule is C[C@H](N)[C@H](O)c1cc(Br)cc(C(C)(C)C)c1. The van der Waals surface area contributed by atoms with Crippen molar-refractivity contribution in [1.82, 2.24) is 0 Å². The zero-order chi connectivity index (χ0) is 12.5. The summed E-state index contributed by atoms with van der Waals surface area (Å²) in [6.07, 6.45) is -0.612. The summed E-state index contributed by atoms with van der Waals surface area (Å²) in [6.45, 7) is 8.26. The van der Waals surface area contributed by atoms with E-state index >= 15 is 0 Å². The van der Waals surface area contributed by atoms with Gasteiger partial charge in [0.25, 0.3) is 0 Å². The molecular weight excluding hydrogens is 266 g/mol. The highest BCUT2D eigenvalue weighted by Crippen LogP contribution is 2.29. The Hall–Kier alpha value is -0.380. The largest absolute Gasteiger partial charge is 0.387 e. The monoisotopic (exact) mass is 285 g/mol. The maximum absolute atomic E-state index is 9.97. The summed E-state index contributed by atoms with van der Waals surface area (Å²) >= 11 is 3.47. The fourth-order valence-corrected chi connectivity index (χ4v) is 2.03. The van der Waals surface area contributed by atoms with Crippen molar-refractivity contribution in [3.8, 4) is 0 Å². The number of hydrogen-bond acceptors (Lipinski definition) is 2.